The molecule has 0 spiro atoms. The lowest BCUT2D eigenvalue weighted by molar-refractivity contribution is -0.124. The zero-order chi connectivity index (χ0) is 11.8. The molecule has 1 unspecified atom stereocenters. The van der Waals surface area contributed by atoms with Gasteiger partial charge in [-0.1, -0.05) is 6.58 Å². The number of rotatable bonds is 9. The van der Waals surface area contributed by atoms with E-state index in [9.17, 15) is 4.79 Å². The normalized spacial score (nSPS) is 18.2. The maximum atomic E-state index is 11.1. The number of nitrogens with zero attached hydrogens (tertiary/aromatic N) is 1. The topological polar surface area (TPSA) is 42.1 Å². The van der Waals surface area contributed by atoms with E-state index in [1.165, 1.54) is 6.08 Å². The van der Waals surface area contributed by atoms with E-state index in [0.29, 0.717) is 6.10 Å². The Bertz CT molecular complexity index is 226. The molecule has 1 saturated heterocycles. The second kappa shape index (κ2) is 7.41. The molecule has 1 fully saturated rings. The van der Waals surface area contributed by atoms with Crippen LogP contribution in [-0.4, -0.2) is 50.3 Å². The van der Waals surface area contributed by atoms with Crippen LogP contribution in [0.2, 0.25) is 0 Å². The minimum atomic E-state index is -0.0119. The Morgan fingerprint density at radius 2 is 2.31 bits per heavy atom. The van der Waals surface area contributed by atoms with E-state index in [0.717, 1.165) is 45.6 Å². The third-order valence-electron chi connectivity index (χ3n) is 2.54. The number of hydrogen-bond donors (Lipinski definition) is 0. The van der Waals surface area contributed by atoms with Crippen LogP contribution in [0.5, 0.6) is 0 Å². The molecular formula is C12H21NO3. The quantitative estimate of drug-likeness (QED) is 0.338. The zero-order valence-corrected chi connectivity index (χ0v) is 9.98. The molecule has 0 N–H and O–H groups in total. The number of amides is 1. The van der Waals surface area contributed by atoms with E-state index in [1.807, 2.05) is 0 Å². The summed E-state index contributed by atoms with van der Waals surface area (Å²) in [5.74, 6) is -0.0119. The summed E-state index contributed by atoms with van der Waals surface area (Å²) in [5, 5.41) is 0. The maximum Gasteiger partial charge on any atom is 0.245 e. The predicted molar refractivity (Wildman–Crippen MR) is 62.2 cm³/mol. The molecule has 1 amide bonds. The Balaban J connectivity index is 1.82. The molecule has 1 aliphatic rings. The summed E-state index contributed by atoms with van der Waals surface area (Å²) < 4.78 is 10.4. The van der Waals surface area contributed by atoms with Crippen LogP contribution in [0.3, 0.4) is 0 Å². The zero-order valence-electron chi connectivity index (χ0n) is 9.98. The van der Waals surface area contributed by atoms with Crippen LogP contribution < -0.4 is 0 Å². The van der Waals surface area contributed by atoms with E-state index in [1.54, 1.807) is 11.9 Å². The van der Waals surface area contributed by atoms with Gasteiger partial charge in [-0.2, -0.15) is 0 Å². The number of carbonyl (C=O) groups is 1. The lowest BCUT2D eigenvalue weighted by atomic mass is 10.2. The Morgan fingerprint density at radius 1 is 1.56 bits per heavy atom. The van der Waals surface area contributed by atoms with Crippen molar-refractivity contribution in [1.82, 2.24) is 4.90 Å². The van der Waals surface area contributed by atoms with Crippen molar-refractivity contribution >= 4 is 5.91 Å². The number of epoxide rings is 1. The lowest BCUT2D eigenvalue weighted by Gasteiger charge is -2.14. The Morgan fingerprint density at radius 3 is 2.94 bits per heavy atom. The summed E-state index contributed by atoms with van der Waals surface area (Å²) in [5.41, 5.74) is 0. The van der Waals surface area contributed by atoms with Gasteiger partial charge >= 0.3 is 0 Å². The minimum Gasteiger partial charge on any atom is -0.379 e. The fourth-order valence-electron chi connectivity index (χ4n) is 1.37. The van der Waals surface area contributed by atoms with Crippen molar-refractivity contribution in [3.8, 4) is 0 Å². The first-order valence-electron chi connectivity index (χ1n) is 5.81. The first kappa shape index (κ1) is 13.2. The monoisotopic (exact) mass is 227 g/mol. The SMILES string of the molecule is C=CC(=O)N(C)CCCCCOCC1CO1. The highest BCUT2D eigenvalue weighted by molar-refractivity contribution is 5.86. The van der Waals surface area contributed by atoms with Crippen LogP contribution in [0.1, 0.15) is 19.3 Å². The standard InChI is InChI=1S/C12H21NO3/c1-3-12(14)13(2)7-5-4-6-8-15-9-11-10-16-11/h3,11H,1,4-10H2,2H3. The van der Waals surface area contributed by atoms with E-state index < -0.39 is 0 Å². The molecule has 0 saturated carbocycles. The first-order chi connectivity index (χ1) is 7.74. The molecule has 0 aromatic carbocycles. The molecule has 4 heteroatoms. The minimum absolute atomic E-state index is 0.0119. The van der Waals surface area contributed by atoms with Gasteiger partial charge in [0.05, 0.1) is 13.2 Å². The summed E-state index contributed by atoms with van der Waals surface area (Å²) in [6.45, 7) is 6.62. The molecule has 0 aromatic heterocycles. The van der Waals surface area contributed by atoms with Crippen molar-refractivity contribution in [2.24, 2.45) is 0 Å². The third-order valence-corrected chi connectivity index (χ3v) is 2.54. The highest BCUT2D eigenvalue weighted by atomic mass is 16.6. The summed E-state index contributed by atoms with van der Waals surface area (Å²) >= 11 is 0. The maximum absolute atomic E-state index is 11.1. The smallest absolute Gasteiger partial charge is 0.245 e. The average Bonchev–Trinajstić information content (AvgIpc) is 3.10. The number of ether oxygens (including phenoxy) is 2. The molecule has 0 aliphatic carbocycles. The molecule has 1 rings (SSSR count). The van der Waals surface area contributed by atoms with E-state index >= 15 is 0 Å². The van der Waals surface area contributed by atoms with Crippen molar-refractivity contribution in [1.29, 1.82) is 0 Å². The van der Waals surface area contributed by atoms with Crippen LogP contribution in [-0.2, 0) is 14.3 Å². The molecule has 0 radical (unpaired) electrons. The fraction of sp³-hybridized carbons (Fsp3) is 0.750. The van der Waals surface area contributed by atoms with Crippen molar-refractivity contribution in [2.75, 3.05) is 33.4 Å². The average molecular weight is 227 g/mol. The largest absolute Gasteiger partial charge is 0.379 e. The molecule has 92 valence electrons. The first-order valence-corrected chi connectivity index (χ1v) is 5.81. The second-order valence-corrected chi connectivity index (χ2v) is 4.05. The number of carbonyl (C=O) groups excluding carboxylic acids is 1. The van der Waals surface area contributed by atoms with Gasteiger partial charge in [0.25, 0.3) is 0 Å². The van der Waals surface area contributed by atoms with Crippen LogP contribution in [0.25, 0.3) is 0 Å². The Hall–Kier alpha value is -0.870. The van der Waals surface area contributed by atoms with Crippen LogP contribution in [0.4, 0.5) is 0 Å². The fourth-order valence-corrected chi connectivity index (χ4v) is 1.37. The number of likely N-dealkylation sites (N-methyl/N-ethyl adjacent to an activating group) is 1. The number of unbranched alkanes of at least 4 members (excludes halogenated alkanes) is 2. The van der Waals surface area contributed by atoms with Gasteiger partial charge in [-0.25, -0.2) is 0 Å². The van der Waals surface area contributed by atoms with Gasteiger partial charge in [0, 0.05) is 20.2 Å². The summed E-state index contributed by atoms with van der Waals surface area (Å²) in [6.07, 6.45) is 4.85. The lowest BCUT2D eigenvalue weighted by Crippen LogP contribution is -2.25. The molecule has 1 atom stereocenters. The summed E-state index contributed by atoms with van der Waals surface area (Å²) in [4.78, 5) is 12.8. The summed E-state index contributed by atoms with van der Waals surface area (Å²) in [7, 11) is 1.80. The van der Waals surface area contributed by atoms with Crippen LogP contribution in [0.15, 0.2) is 12.7 Å². The van der Waals surface area contributed by atoms with Crippen molar-refractivity contribution < 1.29 is 14.3 Å². The van der Waals surface area contributed by atoms with E-state index in [4.69, 9.17) is 9.47 Å². The highest BCUT2D eigenvalue weighted by Gasteiger charge is 2.21. The van der Waals surface area contributed by atoms with Gasteiger partial charge in [0.2, 0.25) is 5.91 Å². The third kappa shape index (κ3) is 5.88. The van der Waals surface area contributed by atoms with Gasteiger partial charge in [0.15, 0.2) is 0 Å². The van der Waals surface area contributed by atoms with Crippen molar-refractivity contribution in [3.63, 3.8) is 0 Å². The summed E-state index contributed by atoms with van der Waals surface area (Å²) in [6, 6.07) is 0. The van der Waals surface area contributed by atoms with Gasteiger partial charge in [-0.15, -0.1) is 0 Å². The van der Waals surface area contributed by atoms with Crippen molar-refractivity contribution in [2.45, 2.75) is 25.4 Å². The molecule has 0 aromatic rings. The van der Waals surface area contributed by atoms with Crippen molar-refractivity contribution in [3.05, 3.63) is 12.7 Å². The molecular weight excluding hydrogens is 206 g/mol. The molecule has 4 nitrogen and oxygen atoms in total. The highest BCUT2D eigenvalue weighted by Crippen LogP contribution is 2.08. The van der Waals surface area contributed by atoms with Gasteiger partial charge in [-0.05, 0) is 25.3 Å². The van der Waals surface area contributed by atoms with Crippen LogP contribution in [0, 0.1) is 0 Å². The number of hydrogen-bond acceptors (Lipinski definition) is 3. The van der Waals surface area contributed by atoms with Gasteiger partial charge in [0.1, 0.15) is 6.10 Å². The van der Waals surface area contributed by atoms with Gasteiger partial charge < -0.3 is 14.4 Å². The van der Waals surface area contributed by atoms with Crippen LogP contribution >= 0.6 is 0 Å². The Kier molecular flexibility index (Phi) is 6.11. The second-order valence-electron chi connectivity index (χ2n) is 4.05. The molecule has 1 heterocycles. The predicted octanol–water partition coefficient (Wildman–Crippen LogP) is 1.22. The Labute approximate surface area is 97.2 Å². The molecule has 1 aliphatic heterocycles. The van der Waals surface area contributed by atoms with E-state index in [-0.39, 0.29) is 5.91 Å². The molecule has 16 heavy (non-hydrogen) atoms. The van der Waals surface area contributed by atoms with Gasteiger partial charge in [-0.3, -0.25) is 4.79 Å². The molecule has 0 bridgehead atoms. The van der Waals surface area contributed by atoms with E-state index in [2.05, 4.69) is 6.58 Å².